The minimum absolute atomic E-state index is 0.00311. The van der Waals surface area contributed by atoms with Crippen LogP contribution in [0.5, 0.6) is 5.75 Å². The summed E-state index contributed by atoms with van der Waals surface area (Å²) in [5.74, 6) is 0.566. The second-order valence-electron chi connectivity index (χ2n) is 8.25. The molecule has 0 spiro atoms. The van der Waals surface area contributed by atoms with Crippen LogP contribution in [0.1, 0.15) is 51.0 Å². The highest BCUT2D eigenvalue weighted by molar-refractivity contribution is 6.01. The van der Waals surface area contributed by atoms with E-state index < -0.39 is 6.10 Å². The van der Waals surface area contributed by atoms with Gasteiger partial charge in [-0.05, 0) is 61.6 Å². The van der Waals surface area contributed by atoms with Crippen molar-refractivity contribution in [3.8, 4) is 5.75 Å². The Hall–Kier alpha value is -2.89. The molecule has 6 heteroatoms. The maximum atomic E-state index is 13.2. The molecular formula is C24H27FN2O3. The number of rotatable bonds is 5. The van der Waals surface area contributed by atoms with E-state index in [2.05, 4.69) is 5.32 Å². The van der Waals surface area contributed by atoms with Crippen LogP contribution in [0, 0.1) is 11.7 Å². The SMILES string of the molecule is CC1Oc2ccc(NC(=O)CC3CCCCC3)cc2N(Cc2ccc(F)cc2)C1=O. The number of halogens is 1. The summed E-state index contributed by atoms with van der Waals surface area (Å²) in [5, 5.41) is 2.98. The van der Waals surface area contributed by atoms with Gasteiger partial charge in [-0.1, -0.05) is 31.4 Å². The fourth-order valence-corrected chi connectivity index (χ4v) is 4.29. The highest BCUT2D eigenvalue weighted by atomic mass is 19.1. The number of benzene rings is 2. The second-order valence-corrected chi connectivity index (χ2v) is 8.25. The second kappa shape index (κ2) is 8.86. The van der Waals surface area contributed by atoms with Gasteiger partial charge in [-0.15, -0.1) is 0 Å². The van der Waals surface area contributed by atoms with Gasteiger partial charge < -0.3 is 15.0 Å². The summed E-state index contributed by atoms with van der Waals surface area (Å²) in [6.07, 6.45) is 5.82. The quantitative estimate of drug-likeness (QED) is 0.751. The first-order valence-electron chi connectivity index (χ1n) is 10.7. The van der Waals surface area contributed by atoms with E-state index in [0.717, 1.165) is 18.4 Å². The molecule has 4 rings (SSSR count). The van der Waals surface area contributed by atoms with Crippen molar-refractivity contribution in [2.45, 2.75) is 58.1 Å². The number of amides is 2. The van der Waals surface area contributed by atoms with E-state index in [0.29, 0.717) is 36.0 Å². The molecule has 5 nitrogen and oxygen atoms in total. The molecule has 2 aromatic rings. The average Bonchev–Trinajstić information content (AvgIpc) is 2.74. The standard InChI is InChI=1S/C24H27FN2O3/c1-16-24(29)27(15-18-7-9-19(25)10-8-18)21-14-20(11-12-22(21)30-16)26-23(28)13-17-5-3-2-4-6-17/h7-12,14,16-17H,2-6,13,15H2,1H3,(H,26,28). The first kappa shape index (κ1) is 20.4. The van der Waals surface area contributed by atoms with Crippen molar-refractivity contribution < 1.29 is 18.7 Å². The number of hydrogen-bond acceptors (Lipinski definition) is 3. The number of fused-ring (bicyclic) bond motifs is 1. The van der Waals surface area contributed by atoms with Crippen molar-refractivity contribution >= 4 is 23.2 Å². The van der Waals surface area contributed by atoms with Gasteiger partial charge in [0.15, 0.2) is 6.10 Å². The Bertz CT molecular complexity index is 923. The van der Waals surface area contributed by atoms with Crippen LogP contribution in [0.3, 0.4) is 0 Å². The summed E-state index contributed by atoms with van der Waals surface area (Å²) in [4.78, 5) is 26.9. The van der Waals surface area contributed by atoms with Gasteiger partial charge in [0.2, 0.25) is 5.91 Å². The molecule has 1 N–H and O–H groups in total. The van der Waals surface area contributed by atoms with Crippen molar-refractivity contribution in [2.75, 3.05) is 10.2 Å². The van der Waals surface area contributed by atoms with Crippen molar-refractivity contribution in [3.05, 3.63) is 53.8 Å². The topological polar surface area (TPSA) is 58.6 Å². The summed E-state index contributed by atoms with van der Waals surface area (Å²) in [6, 6.07) is 11.5. The lowest BCUT2D eigenvalue weighted by molar-refractivity contribution is -0.125. The number of carbonyl (C=O) groups is 2. The van der Waals surface area contributed by atoms with Crippen LogP contribution in [0.4, 0.5) is 15.8 Å². The number of carbonyl (C=O) groups excluding carboxylic acids is 2. The van der Waals surface area contributed by atoms with E-state index in [4.69, 9.17) is 4.74 Å². The Morgan fingerprint density at radius 2 is 1.87 bits per heavy atom. The molecule has 30 heavy (non-hydrogen) atoms. The van der Waals surface area contributed by atoms with Gasteiger partial charge in [-0.2, -0.15) is 0 Å². The average molecular weight is 410 g/mol. The van der Waals surface area contributed by atoms with Gasteiger partial charge in [-0.25, -0.2) is 4.39 Å². The molecule has 1 aliphatic heterocycles. The third-order valence-corrected chi connectivity index (χ3v) is 5.90. The Morgan fingerprint density at radius 3 is 2.60 bits per heavy atom. The summed E-state index contributed by atoms with van der Waals surface area (Å²) < 4.78 is 19.0. The minimum atomic E-state index is -0.607. The molecule has 1 aliphatic carbocycles. The predicted octanol–water partition coefficient (Wildman–Crippen LogP) is 5.05. The Morgan fingerprint density at radius 1 is 1.13 bits per heavy atom. The van der Waals surface area contributed by atoms with Crippen molar-refractivity contribution in [2.24, 2.45) is 5.92 Å². The van der Waals surface area contributed by atoms with Crippen molar-refractivity contribution in [1.82, 2.24) is 0 Å². The number of hydrogen-bond donors (Lipinski definition) is 1. The van der Waals surface area contributed by atoms with Crippen LogP contribution in [0.25, 0.3) is 0 Å². The highest BCUT2D eigenvalue weighted by Crippen LogP contribution is 2.37. The Labute approximate surface area is 176 Å². The van der Waals surface area contributed by atoms with E-state index in [9.17, 15) is 14.0 Å². The minimum Gasteiger partial charge on any atom is -0.479 e. The summed E-state index contributed by atoms with van der Waals surface area (Å²) in [7, 11) is 0. The zero-order valence-electron chi connectivity index (χ0n) is 17.2. The third kappa shape index (κ3) is 4.64. The van der Waals surface area contributed by atoms with E-state index in [1.807, 2.05) is 0 Å². The van der Waals surface area contributed by atoms with E-state index in [1.165, 1.54) is 31.4 Å². The van der Waals surface area contributed by atoms with Gasteiger partial charge in [0.05, 0.1) is 12.2 Å². The number of nitrogens with one attached hydrogen (secondary N) is 1. The van der Waals surface area contributed by atoms with Gasteiger partial charge in [0, 0.05) is 12.1 Å². The molecule has 1 heterocycles. The van der Waals surface area contributed by atoms with Gasteiger partial charge in [0.1, 0.15) is 11.6 Å². The Balaban J connectivity index is 1.52. The zero-order valence-corrected chi connectivity index (χ0v) is 17.2. The summed E-state index contributed by atoms with van der Waals surface area (Å²) in [5.41, 5.74) is 2.07. The third-order valence-electron chi connectivity index (χ3n) is 5.90. The number of ether oxygens (including phenoxy) is 1. The molecule has 0 radical (unpaired) electrons. The van der Waals surface area contributed by atoms with Gasteiger partial charge in [-0.3, -0.25) is 9.59 Å². The fourth-order valence-electron chi connectivity index (χ4n) is 4.29. The highest BCUT2D eigenvalue weighted by Gasteiger charge is 2.32. The zero-order chi connectivity index (χ0) is 21.1. The van der Waals surface area contributed by atoms with E-state index >= 15 is 0 Å². The van der Waals surface area contributed by atoms with Crippen molar-refractivity contribution in [3.63, 3.8) is 0 Å². The lowest BCUT2D eigenvalue weighted by Crippen LogP contribution is -2.44. The molecular weight excluding hydrogens is 383 g/mol. The lowest BCUT2D eigenvalue weighted by Gasteiger charge is -2.33. The maximum absolute atomic E-state index is 13.2. The molecule has 1 atom stereocenters. The molecule has 2 aliphatic rings. The van der Waals surface area contributed by atoms with Crippen LogP contribution in [-0.2, 0) is 16.1 Å². The maximum Gasteiger partial charge on any atom is 0.268 e. The molecule has 2 amide bonds. The first-order valence-corrected chi connectivity index (χ1v) is 10.7. The van der Waals surface area contributed by atoms with Gasteiger partial charge in [0.25, 0.3) is 5.91 Å². The summed E-state index contributed by atoms with van der Waals surface area (Å²) >= 11 is 0. The first-order chi connectivity index (χ1) is 14.5. The van der Waals surface area contributed by atoms with Crippen LogP contribution in [0.2, 0.25) is 0 Å². The molecule has 1 fully saturated rings. The molecule has 0 saturated heterocycles. The van der Waals surface area contributed by atoms with E-state index in [-0.39, 0.29) is 17.6 Å². The molecule has 1 saturated carbocycles. The molecule has 0 aromatic heterocycles. The molecule has 2 aromatic carbocycles. The van der Waals surface area contributed by atoms with Crippen LogP contribution in [-0.4, -0.2) is 17.9 Å². The smallest absolute Gasteiger partial charge is 0.268 e. The lowest BCUT2D eigenvalue weighted by atomic mass is 9.87. The van der Waals surface area contributed by atoms with E-state index in [1.54, 1.807) is 42.2 Å². The Kier molecular flexibility index (Phi) is 6.02. The predicted molar refractivity (Wildman–Crippen MR) is 114 cm³/mol. The van der Waals surface area contributed by atoms with Crippen LogP contribution in [0.15, 0.2) is 42.5 Å². The molecule has 1 unspecified atom stereocenters. The van der Waals surface area contributed by atoms with Crippen molar-refractivity contribution in [1.29, 1.82) is 0 Å². The van der Waals surface area contributed by atoms with Crippen LogP contribution >= 0.6 is 0 Å². The van der Waals surface area contributed by atoms with Gasteiger partial charge >= 0.3 is 0 Å². The number of anilines is 2. The fraction of sp³-hybridized carbons (Fsp3) is 0.417. The monoisotopic (exact) mass is 410 g/mol. The van der Waals surface area contributed by atoms with Crippen LogP contribution < -0.4 is 15.0 Å². The largest absolute Gasteiger partial charge is 0.479 e. The summed E-state index contributed by atoms with van der Waals surface area (Å²) in [6.45, 7) is 2.02. The number of nitrogens with zero attached hydrogens (tertiary/aromatic N) is 1. The molecule has 158 valence electrons. The molecule has 0 bridgehead atoms. The normalized spacial score (nSPS) is 19.2.